The fraction of sp³-hybridized carbons (Fsp3) is 0.353. The average molecular weight is 323 g/mol. The lowest BCUT2D eigenvalue weighted by Gasteiger charge is -2.33. The number of hydrogen-bond acceptors (Lipinski definition) is 3. The predicted octanol–water partition coefficient (Wildman–Crippen LogP) is 3.49. The first kappa shape index (κ1) is 16.0. The largest absolute Gasteiger partial charge is 0.416 e. The van der Waals surface area contributed by atoms with Crippen LogP contribution in [0.4, 0.5) is 13.2 Å². The molecule has 2 unspecified atom stereocenters. The number of nitrogens with zero attached hydrogens (tertiary/aromatic N) is 1. The molecule has 122 valence electrons. The molecule has 3 nitrogen and oxygen atoms in total. The van der Waals surface area contributed by atoms with Crippen molar-refractivity contribution in [3.63, 3.8) is 0 Å². The molecule has 2 heterocycles. The van der Waals surface area contributed by atoms with Gasteiger partial charge in [-0.3, -0.25) is 4.98 Å². The van der Waals surface area contributed by atoms with Gasteiger partial charge in [0.1, 0.15) is 5.60 Å². The summed E-state index contributed by atoms with van der Waals surface area (Å²) < 4.78 is 44.0. The molecule has 1 aliphatic rings. The van der Waals surface area contributed by atoms with Crippen LogP contribution >= 0.6 is 0 Å². The van der Waals surface area contributed by atoms with E-state index >= 15 is 0 Å². The molecule has 0 aliphatic carbocycles. The summed E-state index contributed by atoms with van der Waals surface area (Å²) in [6.45, 7) is 0.0996. The second-order valence-corrected chi connectivity index (χ2v) is 5.57. The Labute approximate surface area is 131 Å². The maximum Gasteiger partial charge on any atom is 0.416 e. The maximum atomic E-state index is 12.7. The van der Waals surface area contributed by atoms with E-state index in [-0.39, 0.29) is 12.5 Å². The molecule has 0 bridgehead atoms. The van der Waals surface area contributed by atoms with E-state index in [9.17, 15) is 18.3 Å². The molecular formula is C17H16F3NO2. The molecule has 1 N–H and O–H groups in total. The lowest BCUT2D eigenvalue weighted by Crippen LogP contribution is -2.35. The van der Waals surface area contributed by atoms with Crippen LogP contribution in [0.2, 0.25) is 0 Å². The van der Waals surface area contributed by atoms with Crippen molar-refractivity contribution in [3.05, 3.63) is 65.5 Å². The highest BCUT2D eigenvalue weighted by Gasteiger charge is 2.47. The molecule has 1 aromatic carbocycles. The highest BCUT2D eigenvalue weighted by molar-refractivity contribution is 5.34. The van der Waals surface area contributed by atoms with Crippen LogP contribution in [-0.4, -0.2) is 23.3 Å². The van der Waals surface area contributed by atoms with Crippen molar-refractivity contribution in [2.24, 2.45) is 0 Å². The summed E-state index contributed by atoms with van der Waals surface area (Å²) in [5.74, 6) is -0.203. The Morgan fingerprint density at radius 2 is 1.91 bits per heavy atom. The molecule has 1 saturated heterocycles. The minimum atomic E-state index is -4.39. The molecule has 2 atom stereocenters. The number of aromatic nitrogens is 1. The van der Waals surface area contributed by atoms with Crippen LogP contribution in [0, 0.1) is 0 Å². The SMILES string of the molecule is OCC1(c2ccc(C(F)(F)F)cc2)OCCC1c1ccccn1. The third-order valence-electron chi connectivity index (χ3n) is 4.31. The smallest absolute Gasteiger partial charge is 0.393 e. The normalized spacial score (nSPS) is 24.8. The van der Waals surface area contributed by atoms with Crippen LogP contribution in [0.25, 0.3) is 0 Å². The fourth-order valence-electron chi connectivity index (χ4n) is 3.13. The van der Waals surface area contributed by atoms with E-state index in [1.165, 1.54) is 12.1 Å². The Hall–Kier alpha value is -1.92. The van der Waals surface area contributed by atoms with Gasteiger partial charge < -0.3 is 9.84 Å². The highest BCUT2D eigenvalue weighted by atomic mass is 19.4. The zero-order chi connectivity index (χ0) is 16.5. The van der Waals surface area contributed by atoms with Crippen molar-refractivity contribution in [2.75, 3.05) is 13.2 Å². The fourth-order valence-corrected chi connectivity index (χ4v) is 3.13. The summed E-state index contributed by atoms with van der Waals surface area (Å²) in [4.78, 5) is 4.32. The van der Waals surface area contributed by atoms with Gasteiger partial charge in [0.2, 0.25) is 0 Å². The van der Waals surface area contributed by atoms with Gasteiger partial charge in [-0.1, -0.05) is 18.2 Å². The van der Waals surface area contributed by atoms with Crippen molar-refractivity contribution in [1.82, 2.24) is 4.98 Å². The Morgan fingerprint density at radius 3 is 2.48 bits per heavy atom. The van der Waals surface area contributed by atoms with E-state index in [1.54, 1.807) is 12.3 Å². The molecule has 23 heavy (non-hydrogen) atoms. The molecule has 0 radical (unpaired) electrons. The third kappa shape index (κ3) is 2.84. The Balaban J connectivity index is 2.00. The second-order valence-electron chi connectivity index (χ2n) is 5.57. The van der Waals surface area contributed by atoms with Crippen LogP contribution in [0.1, 0.15) is 29.2 Å². The second kappa shape index (κ2) is 5.94. The van der Waals surface area contributed by atoms with Gasteiger partial charge in [0.15, 0.2) is 0 Å². The summed E-state index contributed by atoms with van der Waals surface area (Å²) in [5, 5.41) is 9.96. The summed E-state index contributed by atoms with van der Waals surface area (Å²) in [6.07, 6.45) is -2.08. The monoisotopic (exact) mass is 323 g/mol. The van der Waals surface area contributed by atoms with Crippen molar-refractivity contribution in [2.45, 2.75) is 24.1 Å². The lowest BCUT2D eigenvalue weighted by molar-refractivity contribution is -0.137. The van der Waals surface area contributed by atoms with Gasteiger partial charge in [0.25, 0.3) is 0 Å². The molecule has 0 amide bonds. The Bertz CT molecular complexity index is 658. The molecule has 0 saturated carbocycles. The molecule has 1 aliphatic heterocycles. The highest BCUT2D eigenvalue weighted by Crippen LogP contribution is 2.46. The first-order chi connectivity index (χ1) is 11.0. The first-order valence-electron chi connectivity index (χ1n) is 7.31. The third-order valence-corrected chi connectivity index (χ3v) is 4.31. The predicted molar refractivity (Wildman–Crippen MR) is 77.8 cm³/mol. The molecule has 3 rings (SSSR count). The zero-order valence-corrected chi connectivity index (χ0v) is 12.3. The minimum Gasteiger partial charge on any atom is -0.393 e. The zero-order valence-electron chi connectivity index (χ0n) is 12.3. The van der Waals surface area contributed by atoms with Crippen molar-refractivity contribution < 1.29 is 23.0 Å². The van der Waals surface area contributed by atoms with Crippen molar-refractivity contribution in [1.29, 1.82) is 0 Å². The van der Waals surface area contributed by atoms with Gasteiger partial charge in [-0.25, -0.2) is 0 Å². The van der Waals surface area contributed by atoms with Gasteiger partial charge >= 0.3 is 6.18 Å². The van der Waals surface area contributed by atoms with Gasteiger partial charge in [-0.15, -0.1) is 0 Å². The van der Waals surface area contributed by atoms with Crippen LogP contribution in [0.15, 0.2) is 48.7 Å². The number of hydrogen-bond donors (Lipinski definition) is 1. The first-order valence-corrected chi connectivity index (χ1v) is 7.31. The molecule has 2 aromatic rings. The average Bonchev–Trinajstić information content (AvgIpc) is 3.00. The van der Waals surface area contributed by atoms with E-state index in [0.717, 1.165) is 17.8 Å². The number of benzene rings is 1. The van der Waals surface area contributed by atoms with E-state index in [2.05, 4.69) is 4.98 Å². The Kier molecular flexibility index (Phi) is 4.12. The molecule has 1 aromatic heterocycles. The summed E-state index contributed by atoms with van der Waals surface area (Å²) >= 11 is 0. The van der Waals surface area contributed by atoms with Crippen LogP contribution in [0.5, 0.6) is 0 Å². The van der Waals surface area contributed by atoms with E-state index in [1.807, 2.05) is 12.1 Å². The standard InChI is InChI=1S/C17H16F3NO2/c18-17(19,20)13-6-4-12(5-7-13)16(11-22)14(8-10-23-16)15-3-1-2-9-21-15/h1-7,9,14,22H,8,10-11H2. The summed E-state index contributed by atoms with van der Waals surface area (Å²) in [6, 6.07) is 10.3. The van der Waals surface area contributed by atoms with Gasteiger partial charge in [0, 0.05) is 24.4 Å². The molecule has 1 fully saturated rings. The lowest BCUT2D eigenvalue weighted by atomic mass is 9.79. The summed E-state index contributed by atoms with van der Waals surface area (Å²) in [5.41, 5.74) is -0.486. The van der Waals surface area contributed by atoms with Crippen molar-refractivity contribution >= 4 is 0 Å². The Morgan fingerprint density at radius 1 is 1.17 bits per heavy atom. The minimum absolute atomic E-state index is 0.203. The van der Waals surface area contributed by atoms with Crippen LogP contribution in [0.3, 0.4) is 0 Å². The topological polar surface area (TPSA) is 42.4 Å². The van der Waals surface area contributed by atoms with Crippen LogP contribution in [-0.2, 0) is 16.5 Å². The molecule has 6 heteroatoms. The number of pyridine rings is 1. The van der Waals surface area contributed by atoms with Gasteiger partial charge in [-0.2, -0.15) is 13.2 Å². The van der Waals surface area contributed by atoms with Gasteiger partial charge in [0.05, 0.1) is 12.2 Å². The van der Waals surface area contributed by atoms with E-state index in [0.29, 0.717) is 18.6 Å². The van der Waals surface area contributed by atoms with Crippen molar-refractivity contribution in [3.8, 4) is 0 Å². The molecule has 0 spiro atoms. The number of aliphatic hydroxyl groups is 1. The number of ether oxygens (including phenoxy) is 1. The van der Waals surface area contributed by atoms with E-state index < -0.39 is 17.3 Å². The van der Waals surface area contributed by atoms with Gasteiger partial charge in [-0.05, 0) is 36.2 Å². The number of rotatable bonds is 3. The number of aliphatic hydroxyl groups excluding tert-OH is 1. The maximum absolute atomic E-state index is 12.7. The quantitative estimate of drug-likeness (QED) is 0.940. The number of alkyl halides is 3. The molecular weight excluding hydrogens is 307 g/mol. The van der Waals surface area contributed by atoms with E-state index in [4.69, 9.17) is 4.74 Å². The van der Waals surface area contributed by atoms with Crippen LogP contribution < -0.4 is 0 Å². The summed E-state index contributed by atoms with van der Waals surface area (Å²) in [7, 11) is 0. The number of halogens is 3.